The Balaban J connectivity index is 1.78. The van der Waals surface area contributed by atoms with Crippen LogP contribution in [0.15, 0.2) is 36.4 Å². The average Bonchev–Trinajstić information content (AvgIpc) is 2.46. The van der Waals surface area contributed by atoms with Crippen LogP contribution < -0.4 is 10.6 Å². The number of nitrogens with one attached hydrogen (secondary N) is 2. The number of aryl methyl sites for hydroxylation is 2. The van der Waals surface area contributed by atoms with E-state index in [0.717, 1.165) is 13.1 Å². The quantitative estimate of drug-likeness (QED) is 0.765. The van der Waals surface area contributed by atoms with E-state index in [9.17, 15) is 0 Å². The molecule has 0 saturated heterocycles. The molecule has 0 atom stereocenters. The van der Waals surface area contributed by atoms with Crippen LogP contribution in [-0.2, 0) is 13.0 Å². The predicted octanol–water partition coefficient (Wildman–Crippen LogP) is 4.57. The number of halogens is 1. The second-order valence-electron chi connectivity index (χ2n) is 5.29. The van der Waals surface area contributed by atoms with Crippen LogP contribution in [0.5, 0.6) is 0 Å². The van der Waals surface area contributed by atoms with Crippen molar-refractivity contribution in [1.29, 1.82) is 0 Å². The Kier molecular flexibility index (Phi) is 4.15. The zero-order valence-electron chi connectivity index (χ0n) is 11.7. The van der Waals surface area contributed by atoms with Crippen LogP contribution in [0.25, 0.3) is 0 Å². The Morgan fingerprint density at radius 3 is 3.00 bits per heavy atom. The molecular weight excluding hydrogens is 359 g/mol. The van der Waals surface area contributed by atoms with E-state index >= 15 is 0 Å². The first kappa shape index (κ1) is 13.7. The van der Waals surface area contributed by atoms with E-state index in [1.807, 2.05) is 0 Å². The van der Waals surface area contributed by atoms with Crippen LogP contribution in [-0.4, -0.2) is 6.54 Å². The van der Waals surface area contributed by atoms with Crippen LogP contribution in [0, 0.1) is 10.5 Å². The summed E-state index contributed by atoms with van der Waals surface area (Å²) in [7, 11) is 0. The fraction of sp³-hybridized carbons (Fsp3) is 0.294. The minimum absolute atomic E-state index is 0.873. The largest absolute Gasteiger partial charge is 0.385 e. The van der Waals surface area contributed by atoms with Gasteiger partial charge in [0.05, 0.1) is 0 Å². The third-order valence-electron chi connectivity index (χ3n) is 3.82. The van der Waals surface area contributed by atoms with E-state index < -0.39 is 0 Å². The minimum atomic E-state index is 0.873. The van der Waals surface area contributed by atoms with Gasteiger partial charge >= 0.3 is 0 Å². The third kappa shape index (κ3) is 2.92. The molecule has 0 radical (unpaired) electrons. The van der Waals surface area contributed by atoms with Gasteiger partial charge in [0.1, 0.15) is 0 Å². The van der Waals surface area contributed by atoms with Crippen molar-refractivity contribution >= 4 is 34.0 Å². The number of rotatable bonds is 3. The zero-order valence-corrected chi connectivity index (χ0v) is 13.8. The number of hydrogen-bond donors (Lipinski definition) is 2. The maximum Gasteiger partial charge on any atom is 0.0423 e. The van der Waals surface area contributed by atoms with Crippen molar-refractivity contribution in [3.05, 3.63) is 56.7 Å². The molecular formula is C17H19IN2. The summed E-state index contributed by atoms with van der Waals surface area (Å²) in [6, 6.07) is 13.1. The molecule has 104 valence electrons. The highest BCUT2D eigenvalue weighted by atomic mass is 127. The first-order valence-corrected chi connectivity index (χ1v) is 8.16. The summed E-state index contributed by atoms with van der Waals surface area (Å²) in [5, 5.41) is 7.11. The standard InChI is InChI=1S/C17H19IN2/c1-12-10-15(18)7-8-16(12)20-11-14-5-2-4-13-6-3-9-19-17(13)14/h2,4-5,7-8,10,19-20H,3,6,9,11H2,1H3. The molecule has 0 bridgehead atoms. The average molecular weight is 378 g/mol. The molecule has 0 amide bonds. The Labute approximate surface area is 134 Å². The van der Waals surface area contributed by atoms with Gasteiger partial charge in [0.25, 0.3) is 0 Å². The lowest BCUT2D eigenvalue weighted by Crippen LogP contribution is -2.15. The van der Waals surface area contributed by atoms with Crippen molar-refractivity contribution in [2.24, 2.45) is 0 Å². The molecule has 2 nitrogen and oxygen atoms in total. The summed E-state index contributed by atoms with van der Waals surface area (Å²) in [5.74, 6) is 0. The smallest absolute Gasteiger partial charge is 0.0423 e. The fourth-order valence-corrected chi connectivity index (χ4v) is 3.39. The molecule has 20 heavy (non-hydrogen) atoms. The van der Waals surface area contributed by atoms with E-state index in [2.05, 4.69) is 76.5 Å². The van der Waals surface area contributed by atoms with Crippen molar-refractivity contribution in [1.82, 2.24) is 0 Å². The van der Waals surface area contributed by atoms with Gasteiger partial charge in [-0.3, -0.25) is 0 Å². The van der Waals surface area contributed by atoms with E-state index in [1.165, 1.54) is 44.5 Å². The second kappa shape index (κ2) is 6.04. The number of benzene rings is 2. The van der Waals surface area contributed by atoms with Gasteiger partial charge < -0.3 is 10.6 Å². The van der Waals surface area contributed by atoms with Crippen LogP contribution in [0.1, 0.15) is 23.1 Å². The van der Waals surface area contributed by atoms with Crippen molar-refractivity contribution in [3.8, 4) is 0 Å². The van der Waals surface area contributed by atoms with Gasteiger partial charge in [0.2, 0.25) is 0 Å². The van der Waals surface area contributed by atoms with Gasteiger partial charge in [0.15, 0.2) is 0 Å². The van der Waals surface area contributed by atoms with Crippen LogP contribution in [0.4, 0.5) is 11.4 Å². The van der Waals surface area contributed by atoms with Gasteiger partial charge in [-0.05, 0) is 77.2 Å². The molecule has 3 rings (SSSR count). The topological polar surface area (TPSA) is 24.1 Å². The molecule has 1 aliphatic heterocycles. The summed E-state index contributed by atoms with van der Waals surface area (Å²) >= 11 is 2.35. The molecule has 0 aromatic heterocycles. The fourth-order valence-electron chi connectivity index (χ4n) is 2.74. The monoisotopic (exact) mass is 378 g/mol. The first-order valence-electron chi connectivity index (χ1n) is 7.09. The predicted molar refractivity (Wildman–Crippen MR) is 94.5 cm³/mol. The summed E-state index contributed by atoms with van der Waals surface area (Å²) < 4.78 is 1.28. The summed E-state index contributed by atoms with van der Waals surface area (Å²) in [6.07, 6.45) is 2.43. The Morgan fingerprint density at radius 1 is 1.25 bits per heavy atom. The van der Waals surface area contributed by atoms with Crippen molar-refractivity contribution in [2.75, 3.05) is 17.2 Å². The SMILES string of the molecule is Cc1cc(I)ccc1NCc1cccc2c1NCCC2. The molecule has 2 aromatic carbocycles. The lowest BCUT2D eigenvalue weighted by Gasteiger charge is -2.22. The van der Waals surface area contributed by atoms with E-state index in [4.69, 9.17) is 0 Å². The molecule has 0 unspecified atom stereocenters. The lowest BCUT2D eigenvalue weighted by atomic mass is 9.99. The van der Waals surface area contributed by atoms with Crippen LogP contribution >= 0.6 is 22.6 Å². The first-order chi connectivity index (χ1) is 9.74. The maximum atomic E-state index is 3.56. The molecule has 2 aromatic rings. The molecule has 0 aliphatic carbocycles. The van der Waals surface area contributed by atoms with Crippen molar-refractivity contribution in [3.63, 3.8) is 0 Å². The lowest BCUT2D eigenvalue weighted by molar-refractivity contribution is 0.825. The number of hydrogen-bond acceptors (Lipinski definition) is 2. The third-order valence-corrected chi connectivity index (χ3v) is 4.49. The molecule has 3 heteroatoms. The van der Waals surface area contributed by atoms with Gasteiger partial charge in [0, 0.05) is 28.0 Å². The molecule has 1 aliphatic rings. The van der Waals surface area contributed by atoms with Gasteiger partial charge in [-0.15, -0.1) is 0 Å². The van der Waals surface area contributed by atoms with Gasteiger partial charge in [-0.2, -0.15) is 0 Å². The van der Waals surface area contributed by atoms with Crippen LogP contribution in [0.2, 0.25) is 0 Å². The number of fused-ring (bicyclic) bond motifs is 1. The van der Waals surface area contributed by atoms with Crippen molar-refractivity contribution in [2.45, 2.75) is 26.3 Å². The molecule has 0 fully saturated rings. The van der Waals surface area contributed by atoms with Gasteiger partial charge in [-0.25, -0.2) is 0 Å². The van der Waals surface area contributed by atoms with Gasteiger partial charge in [-0.1, -0.05) is 18.2 Å². The molecule has 1 heterocycles. The second-order valence-corrected chi connectivity index (χ2v) is 6.54. The van der Waals surface area contributed by atoms with E-state index in [0.29, 0.717) is 0 Å². The highest BCUT2D eigenvalue weighted by Crippen LogP contribution is 2.27. The van der Waals surface area contributed by atoms with E-state index in [-0.39, 0.29) is 0 Å². The van der Waals surface area contributed by atoms with E-state index in [1.54, 1.807) is 0 Å². The normalized spacial score (nSPS) is 13.5. The number of para-hydroxylation sites is 1. The zero-order chi connectivity index (χ0) is 13.9. The summed E-state index contributed by atoms with van der Waals surface area (Å²) in [4.78, 5) is 0. The van der Waals surface area contributed by atoms with Crippen molar-refractivity contribution < 1.29 is 0 Å². The number of anilines is 2. The Hall–Kier alpha value is -1.23. The highest BCUT2D eigenvalue weighted by Gasteiger charge is 2.12. The molecule has 2 N–H and O–H groups in total. The molecule has 0 spiro atoms. The maximum absolute atomic E-state index is 3.56. The summed E-state index contributed by atoms with van der Waals surface area (Å²) in [6.45, 7) is 4.12. The Bertz CT molecular complexity index is 622. The van der Waals surface area contributed by atoms with Crippen LogP contribution in [0.3, 0.4) is 0 Å². The highest BCUT2D eigenvalue weighted by molar-refractivity contribution is 14.1. The minimum Gasteiger partial charge on any atom is -0.385 e. The Morgan fingerprint density at radius 2 is 2.15 bits per heavy atom. The summed E-state index contributed by atoms with van der Waals surface area (Å²) in [5.41, 5.74) is 6.68. The molecule has 0 saturated carbocycles.